The summed E-state index contributed by atoms with van der Waals surface area (Å²) in [7, 11) is 0. The van der Waals surface area contributed by atoms with Gasteiger partial charge in [-0.3, -0.25) is 0 Å². The van der Waals surface area contributed by atoms with E-state index in [1.54, 1.807) is 11.3 Å². The summed E-state index contributed by atoms with van der Waals surface area (Å²) in [4.78, 5) is 8.73. The SMILES string of the molecule is Cc1ccsc1-c1nnc(SCc2cnc(-c3ccc(Cl)cc3)[nH]2)o1. The molecule has 3 aromatic heterocycles. The zero-order valence-corrected chi connectivity index (χ0v) is 15.6. The van der Waals surface area contributed by atoms with Crippen LogP contribution in [-0.4, -0.2) is 20.2 Å². The molecule has 0 unspecified atom stereocenters. The van der Waals surface area contributed by atoms with Crippen LogP contribution in [0.25, 0.3) is 22.2 Å². The maximum Gasteiger partial charge on any atom is 0.277 e. The minimum Gasteiger partial charge on any atom is -0.410 e. The van der Waals surface area contributed by atoms with E-state index in [1.165, 1.54) is 11.8 Å². The van der Waals surface area contributed by atoms with Gasteiger partial charge in [-0.05, 0) is 48.2 Å². The number of rotatable bonds is 5. The highest BCUT2D eigenvalue weighted by atomic mass is 35.5. The van der Waals surface area contributed by atoms with Crippen LogP contribution in [0.2, 0.25) is 5.02 Å². The van der Waals surface area contributed by atoms with Crippen molar-refractivity contribution in [3.63, 3.8) is 0 Å². The molecule has 0 fully saturated rings. The van der Waals surface area contributed by atoms with Gasteiger partial charge in [-0.25, -0.2) is 4.98 Å². The van der Waals surface area contributed by atoms with Crippen LogP contribution in [0.3, 0.4) is 0 Å². The lowest BCUT2D eigenvalue weighted by atomic mass is 10.2. The second-order valence-corrected chi connectivity index (χ2v) is 7.64. The van der Waals surface area contributed by atoms with Crippen LogP contribution in [0.5, 0.6) is 0 Å². The maximum absolute atomic E-state index is 5.91. The summed E-state index contributed by atoms with van der Waals surface area (Å²) in [6.45, 7) is 2.03. The third-order valence-electron chi connectivity index (χ3n) is 3.56. The predicted octanol–water partition coefficient (Wildman–Crippen LogP) is 5.44. The number of nitrogens with one attached hydrogen (secondary N) is 1. The second-order valence-electron chi connectivity index (χ2n) is 5.36. The highest BCUT2D eigenvalue weighted by Crippen LogP contribution is 2.31. The van der Waals surface area contributed by atoms with Crippen LogP contribution in [0, 0.1) is 6.92 Å². The van der Waals surface area contributed by atoms with Crippen molar-refractivity contribution in [3.05, 3.63) is 58.2 Å². The molecule has 4 rings (SSSR count). The van der Waals surface area contributed by atoms with Gasteiger partial charge in [0.1, 0.15) is 5.82 Å². The average Bonchev–Trinajstić information content (AvgIpc) is 3.33. The van der Waals surface area contributed by atoms with Crippen LogP contribution in [-0.2, 0) is 5.75 Å². The van der Waals surface area contributed by atoms with Crippen molar-refractivity contribution in [1.82, 2.24) is 20.2 Å². The van der Waals surface area contributed by atoms with E-state index < -0.39 is 0 Å². The lowest BCUT2D eigenvalue weighted by Crippen LogP contribution is -1.83. The van der Waals surface area contributed by atoms with Gasteiger partial charge < -0.3 is 9.40 Å². The number of H-pyrrole nitrogens is 1. The van der Waals surface area contributed by atoms with Gasteiger partial charge in [0.05, 0.1) is 4.88 Å². The van der Waals surface area contributed by atoms with Gasteiger partial charge in [0.15, 0.2) is 0 Å². The lowest BCUT2D eigenvalue weighted by Gasteiger charge is -1.97. The first-order chi connectivity index (χ1) is 12.2. The zero-order valence-electron chi connectivity index (χ0n) is 13.2. The number of aromatic amines is 1. The molecule has 0 saturated carbocycles. The monoisotopic (exact) mass is 388 g/mol. The number of nitrogens with zero attached hydrogens (tertiary/aromatic N) is 3. The fourth-order valence-corrected chi connectivity index (χ4v) is 3.91. The molecule has 8 heteroatoms. The quantitative estimate of drug-likeness (QED) is 0.461. The van der Waals surface area contributed by atoms with Gasteiger partial charge in [0.2, 0.25) is 0 Å². The number of thiophene rings is 1. The van der Waals surface area contributed by atoms with Crippen LogP contribution in [0.1, 0.15) is 11.3 Å². The van der Waals surface area contributed by atoms with E-state index in [4.69, 9.17) is 16.0 Å². The zero-order chi connectivity index (χ0) is 17.2. The van der Waals surface area contributed by atoms with E-state index in [2.05, 4.69) is 20.2 Å². The maximum atomic E-state index is 5.91. The fourth-order valence-electron chi connectivity index (χ4n) is 2.28. The molecule has 3 heterocycles. The molecule has 0 amide bonds. The summed E-state index contributed by atoms with van der Waals surface area (Å²) in [6.07, 6.45) is 1.82. The molecule has 1 aromatic carbocycles. The Bertz CT molecular complexity index is 990. The Morgan fingerprint density at radius 1 is 1.20 bits per heavy atom. The van der Waals surface area contributed by atoms with Gasteiger partial charge in [-0.2, -0.15) is 0 Å². The molecule has 0 aliphatic heterocycles. The van der Waals surface area contributed by atoms with Crippen molar-refractivity contribution in [2.75, 3.05) is 0 Å². The smallest absolute Gasteiger partial charge is 0.277 e. The number of thioether (sulfide) groups is 1. The molecule has 0 spiro atoms. The number of imidazole rings is 1. The highest BCUT2D eigenvalue weighted by molar-refractivity contribution is 7.98. The van der Waals surface area contributed by atoms with E-state index in [1.807, 2.05) is 48.8 Å². The van der Waals surface area contributed by atoms with Crippen molar-refractivity contribution in [1.29, 1.82) is 0 Å². The van der Waals surface area contributed by atoms with E-state index >= 15 is 0 Å². The number of aryl methyl sites for hydroxylation is 1. The number of aromatic nitrogens is 4. The Morgan fingerprint density at radius 2 is 2.04 bits per heavy atom. The molecule has 0 saturated heterocycles. The van der Waals surface area contributed by atoms with E-state index in [0.29, 0.717) is 21.9 Å². The Kier molecular flexibility index (Phi) is 4.61. The Labute approximate surface area is 157 Å². The first-order valence-corrected chi connectivity index (χ1v) is 9.74. The summed E-state index contributed by atoms with van der Waals surface area (Å²) in [5, 5.41) is 11.5. The highest BCUT2D eigenvalue weighted by Gasteiger charge is 2.13. The number of hydrogen-bond acceptors (Lipinski definition) is 6. The van der Waals surface area contributed by atoms with Crippen molar-refractivity contribution in [2.45, 2.75) is 17.9 Å². The van der Waals surface area contributed by atoms with Gasteiger partial charge in [-0.15, -0.1) is 21.5 Å². The summed E-state index contributed by atoms with van der Waals surface area (Å²) < 4.78 is 5.74. The molecule has 4 aromatic rings. The predicted molar refractivity (Wildman–Crippen MR) is 101 cm³/mol. The second kappa shape index (κ2) is 7.03. The molecule has 0 atom stereocenters. The first-order valence-electron chi connectivity index (χ1n) is 7.49. The summed E-state index contributed by atoms with van der Waals surface area (Å²) in [5.74, 6) is 2.06. The average molecular weight is 389 g/mol. The number of benzene rings is 1. The molecule has 25 heavy (non-hydrogen) atoms. The minimum absolute atomic E-state index is 0.547. The van der Waals surface area contributed by atoms with Crippen molar-refractivity contribution in [2.24, 2.45) is 0 Å². The molecule has 1 N–H and O–H groups in total. The Hall–Kier alpha value is -2.09. The Balaban J connectivity index is 1.43. The van der Waals surface area contributed by atoms with Crippen LogP contribution in [0.4, 0.5) is 0 Å². The lowest BCUT2D eigenvalue weighted by molar-refractivity contribution is 0.466. The van der Waals surface area contributed by atoms with Gasteiger partial charge in [0, 0.05) is 28.2 Å². The summed E-state index contributed by atoms with van der Waals surface area (Å²) in [5.41, 5.74) is 3.13. The van der Waals surface area contributed by atoms with Crippen LogP contribution in [0.15, 0.2) is 51.5 Å². The van der Waals surface area contributed by atoms with Gasteiger partial charge >= 0.3 is 0 Å². The largest absolute Gasteiger partial charge is 0.410 e. The molecule has 0 radical (unpaired) electrons. The van der Waals surface area contributed by atoms with Gasteiger partial charge in [-0.1, -0.05) is 23.4 Å². The topological polar surface area (TPSA) is 67.6 Å². The Morgan fingerprint density at radius 3 is 2.80 bits per heavy atom. The fraction of sp³-hybridized carbons (Fsp3) is 0.118. The standard InChI is InChI=1S/C17H13ClN4OS2/c1-10-6-7-24-14(10)16-21-22-17(23-16)25-9-13-8-19-15(20-13)11-2-4-12(18)5-3-11/h2-8H,9H2,1H3,(H,19,20). The first kappa shape index (κ1) is 16.4. The molecule has 0 aliphatic rings. The minimum atomic E-state index is 0.547. The van der Waals surface area contributed by atoms with E-state index in [0.717, 1.165) is 27.5 Å². The molecular formula is C17H13ClN4OS2. The molecular weight excluding hydrogens is 376 g/mol. The van der Waals surface area contributed by atoms with Crippen molar-refractivity contribution < 1.29 is 4.42 Å². The third-order valence-corrected chi connectivity index (χ3v) is 5.68. The number of hydrogen-bond donors (Lipinski definition) is 1. The van der Waals surface area contributed by atoms with Gasteiger partial charge in [0.25, 0.3) is 11.1 Å². The molecule has 5 nitrogen and oxygen atoms in total. The third kappa shape index (κ3) is 3.63. The molecule has 0 aliphatic carbocycles. The summed E-state index contributed by atoms with van der Waals surface area (Å²) >= 11 is 9.00. The molecule has 126 valence electrons. The van der Waals surface area contributed by atoms with Crippen LogP contribution < -0.4 is 0 Å². The van der Waals surface area contributed by atoms with Crippen molar-refractivity contribution in [3.8, 4) is 22.2 Å². The van der Waals surface area contributed by atoms with Crippen molar-refractivity contribution >= 4 is 34.7 Å². The van der Waals surface area contributed by atoms with E-state index in [-0.39, 0.29) is 0 Å². The van der Waals surface area contributed by atoms with E-state index in [9.17, 15) is 0 Å². The number of halogens is 1. The molecule has 0 bridgehead atoms. The normalized spacial score (nSPS) is 11.1. The van der Waals surface area contributed by atoms with Crippen LogP contribution >= 0.6 is 34.7 Å². The summed E-state index contributed by atoms with van der Waals surface area (Å²) in [6, 6.07) is 9.61.